The lowest BCUT2D eigenvalue weighted by Crippen LogP contribution is -2.32. The predicted molar refractivity (Wildman–Crippen MR) is 77.9 cm³/mol. The van der Waals surface area contributed by atoms with Crippen LogP contribution in [0.4, 0.5) is 5.82 Å². The summed E-state index contributed by atoms with van der Waals surface area (Å²) in [5, 5.41) is 8.11. The molecule has 2 aromatic rings. The molecule has 3 heterocycles. The Labute approximate surface area is 124 Å². The Kier molecular flexibility index (Phi) is 3.83. The molecule has 0 saturated carbocycles. The molecule has 2 aromatic heterocycles. The van der Waals surface area contributed by atoms with E-state index in [4.69, 9.17) is 4.42 Å². The Balaban J connectivity index is 1.77. The molecule has 3 rings (SSSR count). The summed E-state index contributed by atoms with van der Waals surface area (Å²) in [6, 6.07) is 0. The lowest BCUT2D eigenvalue weighted by atomic mass is 10.1. The summed E-state index contributed by atoms with van der Waals surface area (Å²) in [7, 11) is 4.01. The number of aryl methyl sites for hydroxylation is 1. The second kappa shape index (κ2) is 5.77. The van der Waals surface area contributed by atoms with Gasteiger partial charge in [-0.05, 0) is 0 Å². The van der Waals surface area contributed by atoms with Gasteiger partial charge in [0.1, 0.15) is 12.1 Å². The SMILES string of the molecule is CCc1nnc(CN2CCc3ncnc(N(C)C)c3C2)o1. The molecule has 1 aliphatic rings. The Morgan fingerprint density at radius 2 is 2.05 bits per heavy atom. The molecule has 0 aromatic carbocycles. The maximum Gasteiger partial charge on any atom is 0.230 e. The molecule has 0 aliphatic carbocycles. The molecule has 0 amide bonds. The van der Waals surface area contributed by atoms with Crippen molar-refractivity contribution in [1.29, 1.82) is 0 Å². The van der Waals surface area contributed by atoms with E-state index < -0.39 is 0 Å². The standard InChI is InChI=1S/C14H20N6O/c1-4-12-17-18-13(21-12)8-20-6-5-11-10(7-20)14(19(2)3)16-9-15-11/h9H,4-8H2,1-3H3. The third-order valence-electron chi connectivity index (χ3n) is 3.65. The van der Waals surface area contributed by atoms with Gasteiger partial charge in [-0.15, -0.1) is 10.2 Å². The number of anilines is 1. The summed E-state index contributed by atoms with van der Waals surface area (Å²) in [5.74, 6) is 2.36. The number of nitrogens with zero attached hydrogens (tertiary/aromatic N) is 6. The normalized spacial score (nSPS) is 15.0. The fourth-order valence-electron chi connectivity index (χ4n) is 2.59. The molecule has 0 unspecified atom stereocenters. The molecule has 0 atom stereocenters. The zero-order valence-electron chi connectivity index (χ0n) is 12.7. The van der Waals surface area contributed by atoms with E-state index in [1.54, 1.807) is 6.33 Å². The van der Waals surface area contributed by atoms with Crippen molar-refractivity contribution in [2.24, 2.45) is 0 Å². The van der Waals surface area contributed by atoms with E-state index in [0.717, 1.165) is 37.4 Å². The average molecular weight is 288 g/mol. The van der Waals surface area contributed by atoms with E-state index >= 15 is 0 Å². The predicted octanol–water partition coefficient (Wildman–Crippen LogP) is 1.05. The molecular weight excluding hydrogens is 268 g/mol. The van der Waals surface area contributed by atoms with Crippen LogP contribution in [0.5, 0.6) is 0 Å². The van der Waals surface area contributed by atoms with Crippen LogP contribution >= 0.6 is 0 Å². The van der Waals surface area contributed by atoms with Crippen LogP contribution in [-0.2, 0) is 25.9 Å². The van der Waals surface area contributed by atoms with Crippen LogP contribution in [-0.4, -0.2) is 45.7 Å². The molecule has 0 saturated heterocycles. The molecule has 112 valence electrons. The van der Waals surface area contributed by atoms with Crippen LogP contribution in [0.2, 0.25) is 0 Å². The Morgan fingerprint density at radius 3 is 2.76 bits per heavy atom. The van der Waals surface area contributed by atoms with Gasteiger partial charge < -0.3 is 9.32 Å². The second-order valence-electron chi connectivity index (χ2n) is 5.42. The largest absolute Gasteiger partial charge is 0.424 e. The van der Waals surface area contributed by atoms with Crippen LogP contribution in [0.25, 0.3) is 0 Å². The zero-order chi connectivity index (χ0) is 14.8. The number of rotatable bonds is 4. The second-order valence-corrected chi connectivity index (χ2v) is 5.42. The van der Waals surface area contributed by atoms with Crippen molar-refractivity contribution in [2.45, 2.75) is 32.9 Å². The minimum atomic E-state index is 0.675. The highest BCUT2D eigenvalue weighted by molar-refractivity contribution is 5.48. The van der Waals surface area contributed by atoms with E-state index in [1.165, 1.54) is 5.56 Å². The van der Waals surface area contributed by atoms with Gasteiger partial charge in [-0.3, -0.25) is 4.90 Å². The molecule has 7 nitrogen and oxygen atoms in total. The minimum absolute atomic E-state index is 0.675. The van der Waals surface area contributed by atoms with E-state index in [9.17, 15) is 0 Å². The monoisotopic (exact) mass is 288 g/mol. The lowest BCUT2D eigenvalue weighted by Gasteiger charge is -2.29. The highest BCUT2D eigenvalue weighted by Crippen LogP contribution is 2.25. The summed E-state index contributed by atoms with van der Waals surface area (Å²) in [6.45, 7) is 4.44. The highest BCUT2D eigenvalue weighted by atomic mass is 16.4. The third kappa shape index (κ3) is 2.87. The first-order chi connectivity index (χ1) is 10.2. The number of aromatic nitrogens is 4. The molecule has 0 N–H and O–H groups in total. The van der Waals surface area contributed by atoms with Gasteiger partial charge in [-0.25, -0.2) is 9.97 Å². The maximum atomic E-state index is 5.60. The van der Waals surface area contributed by atoms with Crippen molar-refractivity contribution in [2.75, 3.05) is 25.5 Å². The van der Waals surface area contributed by atoms with Crippen molar-refractivity contribution in [3.05, 3.63) is 29.4 Å². The quantitative estimate of drug-likeness (QED) is 0.832. The zero-order valence-corrected chi connectivity index (χ0v) is 12.7. The van der Waals surface area contributed by atoms with Crippen molar-refractivity contribution < 1.29 is 4.42 Å². The number of fused-ring (bicyclic) bond motifs is 1. The Bertz CT molecular complexity index is 624. The van der Waals surface area contributed by atoms with Gasteiger partial charge in [0.2, 0.25) is 11.8 Å². The number of hydrogen-bond donors (Lipinski definition) is 0. The molecule has 0 radical (unpaired) electrons. The first-order valence-corrected chi connectivity index (χ1v) is 7.21. The van der Waals surface area contributed by atoms with Gasteiger partial charge in [0.25, 0.3) is 0 Å². The van der Waals surface area contributed by atoms with E-state index in [2.05, 4.69) is 25.1 Å². The molecule has 0 bridgehead atoms. The molecular formula is C14H20N6O. The van der Waals surface area contributed by atoms with Gasteiger partial charge in [-0.2, -0.15) is 0 Å². The first kappa shape index (κ1) is 13.9. The molecule has 21 heavy (non-hydrogen) atoms. The number of hydrogen-bond acceptors (Lipinski definition) is 7. The molecule has 0 spiro atoms. The minimum Gasteiger partial charge on any atom is -0.424 e. The Hall–Kier alpha value is -2.02. The fourth-order valence-corrected chi connectivity index (χ4v) is 2.59. The van der Waals surface area contributed by atoms with Crippen LogP contribution in [0, 0.1) is 0 Å². The van der Waals surface area contributed by atoms with Crippen LogP contribution in [0.1, 0.15) is 30.0 Å². The van der Waals surface area contributed by atoms with Gasteiger partial charge >= 0.3 is 0 Å². The van der Waals surface area contributed by atoms with E-state index in [0.29, 0.717) is 18.3 Å². The first-order valence-electron chi connectivity index (χ1n) is 7.21. The summed E-state index contributed by atoms with van der Waals surface area (Å²) in [6.07, 6.45) is 3.34. The summed E-state index contributed by atoms with van der Waals surface area (Å²) >= 11 is 0. The van der Waals surface area contributed by atoms with Crippen LogP contribution < -0.4 is 4.90 Å². The molecule has 7 heteroatoms. The van der Waals surface area contributed by atoms with Gasteiger partial charge in [0, 0.05) is 45.6 Å². The highest BCUT2D eigenvalue weighted by Gasteiger charge is 2.23. The maximum absolute atomic E-state index is 5.60. The van der Waals surface area contributed by atoms with Gasteiger partial charge in [0.05, 0.1) is 12.2 Å². The van der Waals surface area contributed by atoms with Crippen molar-refractivity contribution in [1.82, 2.24) is 25.1 Å². The topological polar surface area (TPSA) is 71.2 Å². The molecule has 0 fully saturated rings. The summed E-state index contributed by atoms with van der Waals surface area (Å²) in [5.41, 5.74) is 2.34. The molecule has 1 aliphatic heterocycles. The van der Waals surface area contributed by atoms with Gasteiger partial charge in [0.15, 0.2) is 0 Å². The van der Waals surface area contributed by atoms with E-state index in [1.807, 2.05) is 25.9 Å². The van der Waals surface area contributed by atoms with Crippen molar-refractivity contribution >= 4 is 5.82 Å². The Morgan fingerprint density at radius 1 is 1.24 bits per heavy atom. The smallest absolute Gasteiger partial charge is 0.230 e. The van der Waals surface area contributed by atoms with Crippen LogP contribution in [0.3, 0.4) is 0 Å². The van der Waals surface area contributed by atoms with Crippen molar-refractivity contribution in [3.63, 3.8) is 0 Å². The lowest BCUT2D eigenvalue weighted by molar-refractivity contribution is 0.217. The third-order valence-corrected chi connectivity index (χ3v) is 3.65. The fraction of sp³-hybridized carbons (Fsp3) is 0.571. The summed E-state index contributed by atoms with van der Waals surface area (Å²) < 4.78 is 5.60. The van der Waals surface area contributed by atoms with Crippen LogP contribution in [0.15, 0.2) is 10.7 Å². The summed E-state index contributed by atoms with van der Waals surface area (Å²) in [4.78, 5) is 13.1. The van der Waals surface area contributed by atoms with Crippen molar-refractivity contribution in [3.8, 4) is 0 Å². The van der Waals surface area contributed by atoms with E-state index in [-0.39, 0.29) is 0 Å². The van der Waals surface area contributed by atoms with Gasteiger partial charge in [-0.1, -0.05) is 6.92 Å². The average Bonchev–Trinajstić information content (AvgIpc) is 2.94.